The van der Waals surface area contributed by atoms with E-state index in [1.165, 1.54) is 6.92 Å². The molecule has 0 heterocycles. The predicted octanol–water partition coefficient (Wildman–Crippen LogP) is 5.21. The number of hydrogen-bond acceptors (Lipinski definition) is 5. The number of esters is 1. The summed E-state index contributed by atoms with van der Waals surface area (Å²) in [5.41, 5.74) is 0.521. The Hall–Kier alpha value is -1.40. The van der Waals surface area contributed by atoms with Gasteiger partial charge in [-0.1, -0.05) is 39.3 Å². The number of fused-ring (bicyclic) bond motifs is 5. The summed E-state index contributed by atoms with van der Waals surface area (Å²) in [5.74, 6) is -1.64. The second-order valence-electron chi connectivity index (χ2n) is 13.7. The Morgan fingerprint density at radius 2 is 1.67 bits per heavy atom. The van der Waals surface area contributed by atoms with Crippen LogP contribution in [0, 0.1) is 51.8 Å². The third-order valence-corrected chi connectivity index (χ3v) is 11.8. The van der Waals surface area contributed by atoms with Crippen molar-refractivity contribution in [1.29, 1.82) is 0 Å². The highest BCUT2D eigenvalue weighted by Crippen LogP contribution is 2.74. The molecule has 0 aromatic heterocycles. The second-order valence-corrected chi connectivity index (χ2v) is 13.7. The maximum atomic E-state index is 12.6. The van der Waals surface area contributed by atoms with Crippen LogP contribution in [0.15, 0.2) is 11.6 Å². The standard InChI is InChI=1S/C30H48O6/c1-16(2)8-9-19(27(34)35)25-21-14-23(33)26-28(5)12-11-22(32)17(3)20(28)10-13-29(26,6)30(21,7)15-24(25)36-18(4)31/h8,17,19-26,32-33H,9-15H2,1-7H3,(H,34,35)/t17-,19+,20?,21?,22+,23?,24-,25+,26?,28-,29-,30-/m0/s1. The van der Waals surface area contributed by atoms with Crippen molar-refractivity contribution in [3.8, 4) is 0 Å². The molecule has 6 nitrogen and oxygen atoms in total. The van der Waals surface area contributed by atoms with Crippen LogP contribution in [0.5, 0.6) is 0 Å². The summed E-state index contributed by atoms with van der Waals surface area (Å²) in [6.45, 7) is 14.5. The van der Waals surface area contributed by atoms with Gasteiger partial charge in [0.05, 0.1) is 18.1 Å². The molecule has 6 heteroatoms. The summed E-state index contributed by atoms with van der Waals surface area (Å²) >= 11 is 0. The van der Waals surface area contributed by atoms with Gasteiger partial charge < -0.3 is 20.1 Å². The molecule has 4 rings (SSSR count). The van der Waals surface area contributed by atoms with Crippen LogP contribution in [0.3, 0.4) is 0 Å². The van der Waals surface area contributed by atoms with Gasteiger partial charge in [-0.2, -0.15) is 0 Å². The molecule has 4 aliphatic rings. The van der Waals surface area contributed by atoms with Gasteiger partial charge in [-0.3, -0.25) is 9.59 Å². The van der Waals surface area contributed by atoms with Crippen LogP contribution in [-0.4, -0.2) is 45.6 Å². The summed E-state index contributed by atoms with van der Waals surface area (Å²) in [7, 11) is 0. The van der Waals surface area contributed by atoms with E-state index in [1.807, 2.05) is 19.9 Å². The van der Waals surface area contributed by atoms with Crippen molar-refractivity contribution >= 4 is 11.9 Å². The predicted molar refractivity (Wildman–Crippen MR) is 138 cm³/mol. The molecule has 0 bridgehead atoms. The molecule has 12 atom stereocenters. The second kappa shape index (κ2) is 9.41. The molecular weight excluding hydrogens is 456 g/mol. The molecule has 0 aromatic rings. The topological polar surface area (TPSA) is 104 Å². The number of carbonyl (C=O) groups excluding carboxylic acids is 1. The van der Waals surface area contributed by atoms with Gasteiger partial charge in [-0.05, 0) is 98.7 Å². The minimum Gasteiger partial charge on any atom is -0.481 e. The number of carbonyl (C=O) groups is 2. The molecule has 3 N–H and O–H groups in total. The zero-order valence-electron chi connectivity index (χ0n) is 23.3. The van der Waals surface area contributed by atoms with Crippen molar-refractivity contribution < 1.29 is 29.6 Å². The van der Waals surface area contributed by atoms with Crippen LogP contribution in [0.1, 0.15) is 93.4 Å². The van der Waals surface area contributed by atoms with Crippen molar-refractivity contribution in [3.63, 3.8) is 0 Å². The van der Waals surface area contributed by atoms with Crippen LogP contribution in [0.4, 0.5) is 0 Å². The number of allylic oxidation sites excluding steroid dienone is 2. The smallest absolute Gasteiger partial charge is 0.307 e. The molecular formula is C30H48O6. The van der Waals surface area contributed by atoms with Crippen LogP contribution in [0.25, 0.3) is 0 Å². The molecule has 204 valence electrons. The Morgan fingerprint density at radius 3 is 2.25 bits per heavy atom. The first-order valence-corrected chi connectivity index (χ1v) is 14.1. The Bertz CT molecular complexity index is 909. The summed E-state index contributed by atoms with van der Waals surface area (Å²) in [5, 5.41) is 32.9. The van der Waals surface area contributed by atoms with E-state index >= 15 is 0 Å². The van der Waals surface area contributed by atoms with Gasteiger partial charge in [0.15, 0.2) is 0 Å². The third-order valence-electron chi connectivity index (χ3n) is 11.8. The first kappa shape index (κ1) is 27.6. The lowest BCUT2D eigenvalue weighted by molar-refractivity contribution is -0.240. The molecule has 4 saturated carbocycles. The van der Waals surface area contributed by atoms with Crippen molar-refractivity contribution in [1.82, 2.24) is 0 Å². The Kier molecular flexibility index (Phi) is 7.22. The number of aliphatic carboxylic acids is 1. The zero-order valence-corrected chi connectivity index (χ0v) is 23.3. The maximum absolute atomic E-state index is 12.6. The van der Waals surface area contributed by atoms with Crippen LogP contribution in [0.2, 0.25) is 0 Å². The van der Waals surface area contributed by atoms with E-state index in [0.29, 0.717) is 25.2 Å². The number of aliphatic hydroxyl groups is 2. The lowest BCUT2D eigenvalue weighted by Crippen LogP contribution is -2.66. The highest BCUT2D eigenvalue weighted by molar-refractivity contribution is 5.71. The van der Waals surface area contributed by atoms with Gasteiger partial charge in [0.25, 0.3) is 0 Å². The fourth-order valence-corrected chi connectivity index (χ4v) is 10.1. The summed E-state index contributed by atoms with van der Waals surface area (Å²) in [6, 6.07) is 0. The lowest BCUT2D eigenvalue weighted by Gasteiger charge is -2.69. The summed E-state index contributed by atoms with van der Waals surface area (Å²) in [4.78, 5) is 24.8. The van der Waals surface area contributed by atoms with Gasteiger partial charge in [-0.25, -0.2) is 0 Å². The molecule has 0 aliphatic heterocycles. The zero-order chi connectivity index (χ0) is 26.8. The SMILES string of the molecule is CC(=O)O[C@H]1C[C@@]2(C)C(CC(O)C3[C@@]4(C)CC[C@@H](O)[C@@H](C)C4CC[C@@]32C)[C@H]1[C@@H](CC=C(C)C)C(=O)O. The molecule has 0 radical (unpaired) electrons. The molecule has 4 unspecified atom stereocenters. The van der Waals surface area contributed by atoms with Gasteiger partial charge in [0.2, 0.25) is 0 Å². The lowest BCUT2D eigenvalue weighted by atomic mass is 9.36. The number of rotatable bonds is 5. The number of carboxylic acid groups (broad SMARTS) is 1. The highest BCUT2D eigenvalue weighted by Gasteiger charge is 2.72. The first-order valence-electron chi connectivity index (χ1n) is 14.1. The van der Waals surface area contributed by atoms with Gasteiger partial charge in [-0.15, -0.1) is 0 Å². The van der Waals surface area contributed by atoms with Crippen LogP contribution >= 0.6 is 0 Å². The fourth-order valence-electron chi connectivity index (χ4n) is 10.1. The van der Waals surface area contributed by atoms with E-state index in [2.05, 4.69) is 27.7 Å². The normalized spacial score (nSPS) is 48.7. The van der Waals surface area contributed by atoms with Gasteiger partial charge in [0, 0.05) is 12.8 Å². The van der Waals surface area contributed by atoms with Crippen LogP contribution in [-0.2, 0) is 14.3 Å². The number of hydrogen-bond donors (Lipinski definition) is 3. The molecule has 36 heavy (non-hydrogen) atoms. The highest BCUT2D eigenvalue weighted by atomic mass is 16.5. The molecule has 0 amide bonds. The average Bonchev–Trinajstić information content (AvgIpc) is 3.03. The largest absolute Gasteiger partial charge is 0.481 e. The van der Waals surface area contributed by atoms with Gasteiger partial charge in [0.1, 0.15) is 6.10 Å². The Morgan fingerprint density at radius 1 is 1.00 bits per heavy atom. The number of aliphatic hydroxyl groups excluding tert-OH is 2. The van der Waals surface area contributed by atoms with E-state index in [9.17, 15) is 24.9 Å². The van der Waals surface area contributed by atoms with Crippen molar-refractivity contribution in [2.75, 3.05) is 0 Å². The van der Waals surface area contributed by atoms with Crippen molar-refractivity contribution in [2.45, 2.75) is 112 Å². The van der Waals surface area contributed by atoms with E-state index < -0.39 is 24.1 Å². The minimum absolute atomic E-state index is 0.0449. The first-order chi connectivity index (χ1) is 16.7. The molecule has 0 saturated heterocycles. The van der Waals surface area contributed by atoms with Crippen LogP contribution < -0.4 is 0 Å². The Labute approximate surface area is 216 Å². The minimum atomic E-state index is -0.855. The third kappa shape index (κ3) is 4.05. The maximum Gasteiger partial charge on any atom is 0.307 e. The van der Waals surface area contributed by atoms with Crippen molar-refractivity contribution in [3.05, 3.63) is 11.6 Å². The average molecular weight is 505 g/mol. The monoisotopic (exact) mass is 504 g/mol. The van der Waals surface area contributed by atoms with E-state index in [-0.39, 0.29) is 52.0 Å². The summed E-state index contributed by atoms with van der Waals surface area (Å²) in [6.07, 6.45) is 5.85. The van der Waals surface area contributed by atoms with E-state index in [0.717, 1.165) is 31.3 Å². The molecule has 4 aliphatic carbocycles. The number of ether oxygens (including phenoxy) is 1. The van der Waals surface area contributed by atoms with E-state index in [4.69, 9.17) is 4.74 Å². The van der Waals surface area contributed by atoms with Crippen molar-refractivity contribution in [2.24, 2.45) is 51.8 Å². The number of carboxylic acids is 1. The molecule has 0 spiro atoms. The Balaban J connectivity index is 1.78. The molecule has 0 aromatic carbocycles. The quantitative estimate of drug-likeness (QED) is 0.351. The van der Waals surface area contributed by atoms with E-state index in [1.54, 1.807) is 0 Å². The molecule has 4 fully saturated rings. The fraction of sp³-hybridized carbons (Fsp3) is 0.867. The summed E-state index contributed by atoms with van der Waals surface area (Å²) < 4.78 is 5.90. The van der Waals surface area contributed by atoms with Gasteiger partial charge >= 0.3 is 11.9 Å².